The molecular weight excluding hydrogens is 326 g/mol. The second-order valence-electron chi connectivity index (χ2n) is 5.66. The molecule has 2 N–H and O–H groups in total. The molecule has 2 aromatic carbocycles. The summed E-state index contributed by atoms with van der Waals surface area (Å²) in [6.07, 6.45) is 0. The molecule has 0 amide bonds. The molecule has 7 heteroatoms. The van der Waals surface area contributed by atoms with E-state index in [1.54, 1.807) is 19.1 Å². The first-order valence-corrected chi connectivity index (χ1v) is 9.00. The molecule has 0 bridgehead atoms. The summed E-state index contributed by atoms with van der Waals surface area (Å²) >= 11 is 0. The summed E-state index contributed by atoms with van der Waals surface area (Å²) in [6.45, 7) is 3.75. The molecule has 126 valence electrons. The third-order valence-electron chi connectivity index (χ3n) is 3.77. The third-order valence-corrected chi connectivity index (χ3v) is 5.32. The Morgan fingerprint density at radius 1 is 1.17 bits per heavy atom. The van der Waals surface area contributed by atoms with Gasteiger partial charge in [-0.15, -0.1) is 0 Å². The van der Waals surface area contributed by atoms with E-state index in [-0.39, 0.29) is 4.90 Å². The van der Waals surface area contributed by atoms with Gasteiger partial charge < -0.3 is 9.72 Å². The van der Waals surface area contributed by atoms with Crippen molar-refractivity contribution < 1.29 is 13.2 Å². The van der Waals surface area contributed by atoms with E-state index in [4.69, 9.17) is 4.74 Å². The Labute approximate surface area is 140 Å². The van der Waals surface area contributed by atoms with Crippen molar-refractivity contribution in [3.8, 4) is 5.75 Å². The van der Waals surface area contributed by atoms with Crippen molar-refractivity contribution in [2.45, 2.75) is 24.8 Å². The number of aromatic nitrogens is 2. The van der Waals surface area contributed by atoms with Crippen LogP contribution in [0.5, 0.6) is 5.75 Å². The molecule has 0 radical (unpaired) electrons. The monoisotopic (exact) mass is 345 g/mol. The zero-order valence-corrected chi connectivity index (χ0v) is 14.5. The number of nitrogens with zero attached hydrogens (tertiary/aromatic N) is 1. The van der Waals surface area contributed by atoms with Crippen LogP contribution in [0.1, 0.15) is 24.4 Å². The summed E-state index contributed by atoms with van der Waals surface area (Å²) in [4.78, 5) is 7.81. The van der Waals surface area contributed by atoms with Gasteiger partial charge in [0.15, 0.2) is 0 Å². The molecule has 0 aliphatic rings. The number of methoxy groups -OCH3 is 1. The minimum absolute atomic E-state index is 0.183. The quantitative estimate of drug-likeness (QED) is 0.745. The number of fused-ring (bicyclic) bond motifs is 1. The van der Waals surface area contributed by atoms with Crippen LogP contribution in [0, 0.1) is 6.92 Å². The van der Waals surface area contributed by atoms with E-state index in [9.17, 15) is 8.42 Å². The van der Waals surface area contributed by atoms with Crippen molar-refractivity contribution in [2.75, 3.05) is 7.11 Å². The number of aryl methyl sites for hydroxylation is 1. The normalized spacial score (nSPS) is 13.1. The van der Waals surface area contributed by atoms with Crippen LogP contribution in [0.3, 0.4) is 0 Å². The number of hydrogen-bond donors (Lipinski definition) is 2. The molecule has 3 aromatic rings. The number of rotatable bonds is 5. The average molecular weight is 345 g/mol. The van der Waals surface area contributed by atoms with Gasteiger partial charge in [0, 0.05) is 0 Å². The maximum absolute atomic E-state index is 12.5. The predicted molar refractivity (Wildman–Crippen MR) is 92.6 cm³/mol. The van der Waals surface area contributed by atoms with Crippen molar-refractivity contribution in [1.29, 1.82) is 0 Å². The highest BCUT2D eigenvalue weighted by atomic mass is 32.2. The van der Waals surface area contributed by atoms with Crippen molar-refractivity contribution in [3.63, 3.8) is 0 Å². The number of nitrogens with one attached hydrogen (secondary N) is 2. The van der Waals surface area contributed by atoms with Crippen LogP contribution in [-0.2, 0) is 10.0 Å². The van der Waals surface area contributed by atoms with E-state index in [0.29, 0.717) is 11.6 Å². The van der Waals surface area contributed by atoms with Gasteiger partial charge in [0.25, 0.3) is 0 Å². The Morgan fingerprint density at radius 2 is 1.88 bits per heavy atom. The van der Waals surface area contributed by atoms with Crippen molar-refractivity contribution in [1.82, 2.24) is 14.7 Å². The molecule has 0 spiro atoms. The molecule has 6 nitrogen and oxygen atoms in total. The van der Waals surface area contributed by atoms with Gasteiger partial charge >= 0.3 is 0 Å². The van der Waals surface area contributed by atoms with Crippen molar-refractivity contribution >= 4 is 21.1 Å². The topological polar surface area (TPSA) is 84.1 Å². The molecule has 0 aliphatic heterocycles. The summed E-state index contributed by atoms with van der Waals surface area (Å²) in [6, 6.07) is 11.6. The molecule has 3 rings (SSSR count). The molecule has 0 saturated carbocycles. The Balaban J connectivity index is 1.84. The van der Waals surface area contributed by atoms with Gasteiger partial charge in [0.05, 0.1) is 29.1 Å². The second kappa shape index (κ2) is 6.26. The molecule has 1 aromatic heterocycles. The number of imidazole rings is 1. The van der Waals surface area contributed by atoms with Crippen LogP contribution in [0.15, 0.2) is 47.4 Å². The van der Waals surface area contributed by atoms with Crippen LogP contribution >= 0.6 is 0 Å². The van der Waals surface area contributed by atoms with Crippen LogP contribution in [-0.4, -0.2) is 25.5 Å². The SMILES string of the molecule is COc1ccc(S(=O)(=O)NC(C)c2nc3ccc(C)cc3[nH]2)cc1. The average Bonchev–Trinajstić information content (AvgIpc) is 2.98. The van der Waals surface area contributed by atoms with Gasteiger partial charge in [0.2, 0.25) is 10.0 Å². The van der Waals surface area contributed by atoms with Crippen molar-refractivity contribution in [2.24, 2.45) is 0 Å². The van der Waals surface area contributed by atoms with E-state index >= 15 is 0 Å². The van der Waals surface area contributed by atoms with Crippen LogP contribution < -0.4 is 9.46 Å². The lowest BCUT2D eigenvalue weighted by atomic mass is 10.2. The number of hydrogen-bond acceptors (Lipinski definition) is 4. The fraction of sp³-hybridized carbons (Fsp3) is 0.235. The minimum atomic E-state index is -3.64. The molecule has 0 aliphatic carbocycles. The van der Waals surface area contributed by atoms with E-state index in [0.717, 1.165) is 16.6 Å². The first-order chi connectivity index (χ1) is 11.4. The molecule has 0 fully saturated rings. The van der Waals surface area contributed by atoms with Crippen LogP contribution in [0.4, 0.5) is 0 Å². The molecule has 0 saturated heterocycles. The van der Waals surface area contributed by atoms with E-state index in [2.05, 4.69) is 14.7 Å². The molecule has 1 heterocycles. The third kappa shape index (κ3) is 3.27. The highest BCUT2D eigenvalue weighted by Gasteiger charge is 2.20. The fourth-order valence-corrected chi connectivity index (χ4v) is 3.67. The zero-order valence-electron chi connectivity index (χ0n) is 13.7. The Kier molecular flexibility index (Phi) is 4.29. The summed E-state index contributed by atoms with van der Waals surface area (Å²) < 4.78 is 32.7. The fourth-order valence-electron chi connectivity index (χ4n) is 2.46. The van der Waals surface area contributed by atoms with Crippen molar-refractivity contribution in [3.05, 3.63) is 53.9 Å². The second-order valence-corrected chi connectivity index (χ2v) is 7.38. The Hall–Kier alpha value is -2.38. The number of aromatic amines is 1. The largest absolute Gasteiger partial charge is 0.497 e. The predicted octanol–water partition coefficient (Wildman–Crippen LogP) is 2.92. The lowest BCUT2D eigenvalue weighted by molar-refractivity contribution is 0.414. The van der Waals surface area contributed by atoms with Gasteiger partial charge in [-0.1, -0.05) is 6.07 Å². The summed E-state index contributed by atoms with van der Waals surface area (Å²) in [7, 11) is -2.11. The Bertz CT molecular complexity index is 962. The number of H-pyrrole nitrogens is 1. The van der Waals surface area contributed by atoms with Crippen LogP contribution in [0.2, 0.25) is 0 Å². The van der Waals surface area contributed by atoms with E-state index < -0.39 is 16.1 Å². The highest BCUT2D eigenvalue weighted by molar-refractivity contribution is 7.89. The standard InChI is InChI=1S/C17H19N3O3S/c1-11-4-9-15-16(10-11)19-17(18-15)12(2)20-24(21,22)14-7-5-13(23-3)6-8-14/h4-10,12,20H,1-3H3,(H,18,19). The summed E-state index contributed by atoms with van der Waals surface area (Å²) in [5.41, 5.74) is 2.82. The number of ether oxygens (including phenoxy) is 1. The number of benzene rings is 2. The van der Waals surface area contributed by atoms with E-state index in [1.165, 1.54) is 19.2 Å². The highest BCUT2D eigenvalue weighted by Crippen LogP contribution is 2.20. The maximum atomic E-state index is 12.5. The first-order valence-electron chi connectivity index (χ1n) is 7.52. The van der Waals surface area contributed by atoms with Gasteiger partial charge in [-0.2, -0.15) is 0 Å². The van der Waals surface area contributed by atoms with Gasteiger partial charge in [-0.25, -0.2) is 18.1 Å². The first kappa shape index (κ1) is 16.5. The minimum Gasteiger partial charge on any atom is -0.497 e. The molecule has 1 unspecified atom stereocenters. The lowest BCUT2D eigenvalue weighted by Crippen LogP contribution is -2.27. The number of sulfonamides is 1. The van der Waals surface area contributed by atoms with Gasteiger partial charge in [-0.3, -0.25) is 0 Å². The maximum Gasteiger partial charge on any atom is 0.241 e. The van der Waals surface area contributed by atoms with E-state index in [1.807, 2.05) is 25.1 Å². The van der Waals surface area contributed by atoms with Crippen LogP contribution in [0.25, 0.3) is 11.0 Å². The molecular formula is C17H19N3O3S. The smallest absolute Gasteiger partial charge is 0.241 e. The Morgan fingerprint density at radius 3 is 2.54 bits per heavy atom. The lowest BCUT2D eigenvalue weighted by Gasteiger charge is -2.12. The molecule has 24 heavy (non-hydrogen) atoms. The van der Waals surface area contributed by atoms with Gasteiger partial charge in [0.1, 0.15) is 11.6 Å². The molecule has 1 atom stereocenters. The summed E-state index contributed by atoms with van der Waals surface area (Å²) in [5, 5.41) is 0. The summed E-state index contributed by atoms with van der Waals surface area (Å²) in [5.74, 6) is 1.18. The zero-order chi connectivity index (χ0) is 17.3. The van der Waals surface area contributed by atoms with Gasteiger partial charge in [-0.05, 0) is 55.8 Å².